The van der Waals surface area contributed by atoms with E-state index in [-0.39, 0.29) is 11.9 Å². The van der Waals surface area contributed by atoms with Crippen molar-refractivity contribution in [3.8, 4) is 0 Å². The van der Waals surface area contributed by atoms with Gasteiger partial charge in [0, 0.05) is 26.1 Å². The molecule has 5 nitrogen and oxygen atoms in total. The van der Waals surface area contributed by atoms with E-state index in [9.17, 15) is 9.59 Å². The van der Waals surface area contributed by atoms with Gasteiger partial charge in [0.25, 0.3) is 0 Å². The van der Waals surface area contributed by atoms with Crippen LogP contribution in [0.25, 0.3) is 0 Å². The number of carboxylic acids is 1. The second-order valence-corrected chi connectivity index (χ2v) is 3.24. The predicted molar refractivity (Wildman–Crippen MR) is 46.3 cm³/mol. The third kappa shape index (κ3) is 1.98. The zero-order valence-corrected chi connectivity index (χ0v) is 7.78. The average Bonchev–Trinajstić information content (AvgIpc) is 2.02. The number of rotatable bonds is 1. The summed E-state index contributed by atoms with van der Waals surface area (Å²) in [5.74, 6) is -1.13. The molecule has 2 unspecified atom stereocenters. The number of aliphatic carboxylic acids is 1. The number of carbonyl (C=O) groups excluding carboxylic acids is 1. The molecule has 13 heavy (non-hydrogen) atoms. The summed E-state index contributed by atoms with van der Waals surface area (Å²) in [5.41, 5.74) is 0. The fourth-order valence-electron chi connectivity index (χ4n) is 1.63. The van der Waals surface area contributed by atoms with Gasteiger partial charge < -0.3 is 15.3 Å². The Balaban J connectivity index is 2.80. The first-order valence-corrected chi connectivity index (χ1v) is 4.27. The third-order valence-corrected chi connectivity index (χ3v) is 2.29. The minimum absolute atomic E-state index is 0.180. The zero-order valence-electron chi connectivity index (χ0n) is 7.78. The smallest absolute Gasteiger partial charge is 0.328 e. The Bertz CT molecular complexity index is 229. The van der Waals surface area contributed by atoms with Crippen LogP contribution in [-0.4, -0.2) is 47.1 Å². The van der Waals surface area contributed by atoms with E-state index in [0.29, 0.717) is 13.1 Å². The third-order valence-electron chi connectivity index (χ3n) is 2.29. The maximum Gasteiger partial charge on any atom is 0.328 e. The number of carbonyl (C=O) groups is 2. The second kappa shape index (κ2) is 3.74. The van der Waals surface area contributed by atoms with Gasteiger partial charge in [0.05, 0.1) is 0 Å². The van der Waals surface area contributed by atoms with Crippen molar-refractivity contribution < 1.29 is 14.7 Å². The highest BCUT2D eigenvalue weighted by Crippen LogP contribution is 2.09. The molecule has 2 N–H and O–H groups in total. The fourth-order valence-corrected chi connectivity index (χ4v) is 1.63. The normalized spacial score (nSPS) is 28.6. The Morgan fingerprint density at radius 3 is 2.54 bits per heavy atom. The van der Waals surface area contributed by atoms with Gasteiger partial charge in [-0.05, 0) is 6.92 Å². The minimum atomic E-state index is -0.949. The highest BCUT2D eigenvalue weighted by molar-refractivity contribution is 5.83. The quantitative estimate of drug-likeness (QED) is 0.567. The van der Waals surface area contributed by atoms with Gasteiger partial charge in [-0.3, -0.25) is 4.79 Å². The molecule has 0 radical (unpaired) electrons. The second-order valence-electron chi connectivity index (χ2n) is 3.24. The van der Waals surface area contributed by atoms with Crippen LogP contribution in [0.4, 0.5) is 0 Å². The Hall–Kier alpha value is -1.10. The molecule has 0 aromatic heterocycles. The molecule has 0 spiro atoms. The number of amides is 1. The van der Waals surface area contributed by atoms with E-state index in [1.165, 1.54) is 11.8 Å². The fraction of sp³-hybridized carbons (Fsp3) is 0.750. The number of piperazine rings is 1. The van der Waals surface area contributed by atoms with Gasteiger partial charge >= 0.3 is 5.97 Å². The van der Waals surface area contributed by atoms with Crippen LogP contribution in [0.1, 0.15) is 13.8 Å². The van der Waals surface area contributed by atoms with Crippen molar-refractivity contribution in [2.24, 2.45) is 0 Å². The van der Waals surface area contributed by atoms with Crippen molar-refractivity contribution in [2.45, 2.75) is 25.9 Å². The Labute approximate surface area is 76.7 Å². The zero-order chi connectivity index (χ0) is 10.0. The molecule has 0 aromatic carbocycles. The van der Waals surface area contributed by atoms with Crippen LogP contribution in [0.5, 0.6) is 0 Å². The molecule has 1 heterocycles. The Morgan fingerprint density at radius 1 is 1.54 bits per heavy atom. The molecular formula is C8H14N2O3. The van der Waals surface area contributed by atoms with Crippen molar-refractivity contribution >= 4 is 11.9 Å². The molecule has 1 saturated heterocycles. The van der Waals surface area contributed by atoms with Gasteiger partial charge in [0.15, 0.2) is 0 Å². The van der Waals surface area contributed by atoms with Crippen molar-refractivity contribution in [1.82, 2.24) is 10.2 Å². The largest absolute Gasteiger partial charge is 0.480 e. The van der Waals surface area contributed by atoms with Gasteiger partial charge in [-0.1, -0.05) is 0 Å². The van der Waals surface area contributed by atoms with E-state index >= 15 is 0 Å². The summed E-state index contributed by atoms with van der Waals surface area (Å²) in [5, 5.41) is 11.9. The Morgan fingerprint density at radius 2 is 2.15 bits per heavy atom. The maximum absolute atomic E-state index is 11.1. The monoisotopic (exact) mass is 186 g/mol. The molecule has 0 bridgehead atoms. The van der Waals surface area contributed by atoms with E-state index in [2.05, 4.69) is 5.32 Å². The van der Waals surface area contributed by atoms with Crippen LogP contribution in [0, 0.1) is 0 Å². The van der Waals surface area contributed by atoms with Crippen LogP contribution in [0.3, 0.4) is 0 Å². The number of hydrogen-bond acceptors (Lipinski definition) is 3. The topological polar surface area (TPSA) is 69.6 Å². The van der Waals surface area contributed by atoms with Gasteiger partial charge in [-0.2, -0.15) is 0 Å². The number of nitrogens with zero attached hydrogens (tertiary/aromatic N) is 1. The minimum Gasteiger partial charge on any atom is -0.480 e. The lowest BCUT2D eigenvalue weighted by molar-refractivity contribution is -0.152. The molecule has 0 aliphatic carbocycles. The van der Waals surface area contributed by atoms with Crippen LogP contribution < -0.4 is 5.32 Å². The molecule has 1 fully saturated rings. The molecule has 0 aromatic rings. The molecule has 1 aliphatic heterocycles. The lowest BCUT2D eigenvalue weighted by Crippen LogP contribution is -2.61. The molecule has 1 rings (SSSR count). The summed E-state index contributed by atoms with van der Waals surface area (Å²) in [7, 11) is 0. The molecule has 1 aliphatic rings. The van der Waals surface area contributed by atoms with Crippen molar-refractivity contribution in [2.75, 3.05) is 13.1 Å². The van der Waals surface area contributed by atoms with Gasteiger partial charge in [-0.25, -0.2) is 4.79 Å². The number of carboxylic acid groups (broad SMARTS) is 1. The van der Waals surface area contributed by atoms with Crippen LogP contribution in [0.15, 0.2) is 0 Å². The average molecular weight is 186 g/mol. The summed E-state index contributed by atoms with van der Waals surface area (Å²) in [6.07, 6.45) is 0. The summed E-state index contributed by atoms with van der Waals surface area (Å²) in [6.45, 7) is 4.29. The first kappa shape index (κ1) is 9.98. The molecule has 0 saturated carbocycles. The van der Waals surface area contributed by atoms with E-state index in [1.807, 2.05) is 0 Å². The Kier molecular flexibility index (Phi) is 2.87. The van der Waals surface area contributed by atoms with Crippen molar-refractivity contribution in [3.63, 3.8) is 0 Å². The SMILES string of the molecule is CC(=O)N1CCNC(C)C1C(=O)O. The highest BCUT2D eigenvalue weighted by atomic mass is 16.4. The number of hydrogen-bond donors (Lipinski definition) is 2. The van der Waals surface area contributed by atoms with Gasteiger partial charge in [0.1, 0.15) is 6.04 Å². The lowest BCUT2D eigenvalue weighted by Gasteiger charge is -2.37. The molecule has 1 amide bonds. The summed E-state index contributed by atoms with van der Waals surface area (Å²) in [4.78, 5) is 23.3. The van der Waals surface area contributed by atoms with E-state index in [0.717, 1.165) is 0 Å². The first-order valence-electron chi connectivity index (χ1n) is 4.27. The van der Waals surface area contributed by atoms with Gasteiger partial charge in [0.2, 0.25) is 5.91 Å². The summed E-state index contributed by atoms with van der Waals surface area (Å²) < 4.78 is 0. The molecule has 2 atom stereocenters. The summed E-state index contributed by atoms with van der Waals surface area (Å²) >= 11 is 0. The lowest BCUT2D eigenvalue weighted by atomic mass is 10.1. The predicted octanol–water partition coefficient (Wildman–Crippen LogP) is -0.720. The van der Waals surface area contributed by atoms with Crippen LogP contribution in [0.2, 0.25) is 0 Å². The molecular weight excluding hydrogens is 172 g/mol. The van der Waals surface area contributed by atoms with Crippen molar-refractivity contribution in [3.05, 3.63) is 0 Å². The standard InChI is InChI=1S/C8H14N2O3/c1-5-7(8(12)13)10(6(2)11)4-3-9-5/h5,7,9H,3-4H2,1-2H3,(H,12,13). The van der Waals surface area contributed by atoms with E-state index in [1.54, 1.807) is 6.92 Å². The highest BCUT2D eigenvalue weighted by Gasteiger charge is 2.35. The van der Waals surface area contributed by atoms with Crippen LogP contribution in [-0.2, 0) is 9.59 Å². The maximum atomic E-state index is 11.1. The van der Waals surface area contributed by atoms with Crippen LogP contribution >= 0.6 is 0 Å². The molecule has 5 heteroatoms. The van der Waals surface area contributed by atoms with Gasteiger partial charge in [-0.15, -0.1) is 0 Å². The van der Waals surface area contributed by atoms with E-state index < -0.39 is 12.0 Å². The number of nitrogens with one attached hydrogen (secondary N) is 1. The molecule has 74 valence electrons. The first-order chi connectivity index (χ1) is 6.04. The van der Waals surface area contributed by atoms with Crippen molar-refractivity contribution in [1.29, 1.82) is 0 Å². The van der Waals surface area contributed by atoms with E-state index in [4.69, 9.17) is 5.11 Å². The summed E-state index contributed by atoms with van der Waals surface area (Å²) in [6, 6.07) is -0.915.